The first-order valence-corrected chi connectivity index (χ1v) is 13.0. The molecule has 0 aromatic carbocycles. The van der Waals surface area contributed by atoms with Crippen LogP contribution in [0.1, 0.15) is 60.3 Å². The fourth-order valence-electron chi connectivity index (χ4n) is 4.57. The van der Waals surface area contributed by atoms with Crippen molar-refractivity contribution in [2.24, 2.45) is 5.92 Å². The first-order valence-electron chi connectivity index (χ1n) is 13.0. The van der Waals surface area contributed by atoms with Crippen LogP contribution < -0.4 is 16.2 Å². The summed E-state index contributed by atoms with van der Waals surface area (Å²) in [6, 6.07) is 2.88. The van der Waals surface area contributed by atoms with E-state index < -0.39 is 35.2 Å². The number of amides is 2. The number of pyridine rings is 2. The predicted octanol–water partition coefficient (Wildman–Crippen LogP) is 3.87. The van der Waals surface area contributed by atoms with Gasteiger partial charge >= 0.3 is 6.18 Å². The first kappa shape index (κ1) is 29.8. The average molecular weight is 582 g/mol. The van der Waals surface area contributed by atoms with Gasteiger partial charge in [0.2, 0.25) is 11.7 Å². The number of carbonyl (C=O) groups is 2. The van der Waals surface area contributed by atoms with E-state index >= 15 is 0 Å². The molecule has 1 aliphatic rings. The van der Waals surface area contributed by atoms with Gasteiger partial charge in [0.15, 0.2) is 5.69 Å². The van der Waals surface area contributed by atoms with Crippen molar-refractivity contribution in [1.29, 1.82) is 0 Å². The lowest BCUT2D eigenvalue weighted by Crippen LogP contribution is -2.27. The largest absolute Gasteiger partial charge is 0.416 e. The lowest BCUT2D eigenvalue weighted by molar-refractivity contribution is -0.137. The molecule has 0 saturated heterocycles. The van der Waals surface area contributed by atoms with Crippen LogP contribution in [-0.4, -0.2) is 42.5 Å². The summed E-state index contributed by atoms with van der Waals surface area (Å²) in [5.74, 6) is -1.97. The summed E-state index contributed by atoms with van der Waals surface area (Å²) in [7, 11) is 0. The Balaban J connectivity index is 1.25. The Kier molecular flexibility index (Phi) is 9.45. The molecule has 1 aliphatic carbocycles. The minimum Gasteiger partial charge on any atom is -0.345 e. The first-order chi connectivity index (χ1) is 19.5. The molecule has 2 amide bonds. The SMILES string of the molecule is O=C(CC1CCCC1)Nc1ccn(CCC(F)Cn2cc(C(=O)NCc3cc(C(F)(F)F)ccn3)nn2)c(=O)c1F. The van der Waals surface area contributed by atoms with Crippen molar-refractivity contribution in [1.82, 2.24) is 29.9 Å². The molecule has 3 aromatic rings. The number of halogens is 5. The number of aryl methyl sites for hydroxylation is 1. The van der Waals surface area contributed by atoms with Crippen molar-refractivity contribution in [3.63, 3.8) is 0 Å². The second-order valence-corrected chi connectivity index (χ2v) is 9.87. The highest BCUT2D eigenvalue weighted by atomic mass is 19.4. The number of hydrogen-bond donors (Lipinski definition) is 2. The molecule has 0 bridgehead atoms. The Hall–Kier alpha value is -4.17. The standard InChI is InChI=1S/C26H28F5N7O3/c27-18(6-9-37-10-7-20(23(28)25(37)41)34-22(39)11-16-3-1-2-4-16)14-38-15-21(35-36-38)24(40)33-13-19-12-17(5-8-32-19)26(29,30)31/h5,7-8,10,12,15-16,18H,1-4,6,9,11,13-14H2,(H,33,40)(H,34,39). The summed E-state index contributed by atoms with van der Waals surface area (Å²) in [5, 5.41) is 12.1. The van der Waals surface area contributed by atoms with Gasteiger partial charge in [0.05, 0.1) is 36.2 Å². The van der Waals surface area contributed by atoms with Crippen molar-refractivity contribution in [2.45, 2.75) is 70.5 Å². The van der Waals surface area contributed by atoms with Crippen LogP contribution in [0.2, 0.25) is 0 Å². The summed E-state index contributed by atoms with van der Waals surface area (Å²) < 4.78 is 69.7. The summed E-state index contributed by atoms with van der Waals surface area (Å²) in [6.45, 7) is -0.767. The van der Waals surface area contributed by atoms with Crippen LogP contribution in [0.25, 0.3) is 0 Å². The topological polar surface area (TPSA) is 124 Å². The quantitative estimate of drug-likeness (QED) is 0.332. The van der Waals surface area contributed by atoms with E-state index in [2.05, 4.69) is 25.9 Å². The van der Waals surface area contributed by atoms with Crippen molar-refractivity contribution < 1.29 is 31.5 Å². The monoisotopic (exact) mass is 581 g/mol. The van der Waals surface area contributed by atoms with Gasteiger partial charge in [0, 0.05) is 25.4 Å². The molecule has 4 rings (SSSR count). The lowest BCUT2D eigenvalue weighted by Gasteiger charge is -2.13. The van der Waals surface area contributed by atoms with E-state index in [0.29, 0.717) is 0 Å². The molecule has 15 heteroatoms. The zero-order chi connectivity index (χ0) is 29.6. The summed E-state index contributed by atoms with van der Waals surface area (Å²) in [4.78, 5) is 40.6. The molecule has 1 fully saturated rings. The molecule has 1 atom stereocenters. The van der Waals surface area contributed by atoms with Crippen molar-refractivity contribution in [3.05, 3.63) is 69.9 Å². The normalized spacial score (nSPS) is 14.7. The third-order valence-electron chi connectivity index (χ3n) is 6.74. The fraction of sp³-hybridized carbons (Fsp3) is 0.462. The van der Waals surface area contributed by atoms with E-state index in [-0.39, 0.29) is 61.4 Å². The van der Waals surface area contributed by atoms with Gasteiger partial charge < -0.3 is 15.2 Å². The van der Waals surface area contributed by atoms with Gasteiger partial charge in [-0.15, -0.1) is 5.10 Å². The third kappa shape index (κ3) is 8.17. The van der Waals surface area contributed by atoms with E-state index in [1.165, 1.54) is 12.3 Å². The number of aromatic nitrogens is 5. The van der Waals surface area contributed by atoms with Crippen LogP contribution in [0.15, 0.2) is 41.6 Å². The van der Waals surface area contributed by atoms with Gasteiger partial charge in [-0.3, -0.25) is 19.4 Å². The highest BCUT2D eigenvalue weighted by molar-refractivity contribution is 5.92. The molecule has 0 spiro atoms. The molecule has 10 nitrogen and oxygen atoms in total. The van der Waals surface area contributed by atoms with Crippen LogP contribution in [0, 0.1) is 11.7 Å². The minimum absolute atomic E-state index is 0.0180. The van der Waals surface area contributed by atoms with Crippen LogP contribution in [-0.2, 0) is 30.6 Å². The van der Waals surface area contributed by atoms with Gasteiger partial charge in [-0.2, -0.15) is 17.6 Å². The summed E-state index contributed by atoms with van der Waals surface area (Å²) >= 11 is 0. The summed E-state index contributed by atoms with van der Waals surface area (Å²) in [5.41, 5.74) is -2.32. The Labute approximate surface area is 231 Å². The second-order valence-electron chi connectivity index (χ2n) is 9.87. The van der Waals surface area contributed by atoms with Crippen LogP contribution >= 0.6 is 0 Å². The zero-order valence-electron chi connectivity index (χ0n) is 21.8. The third-order valence-corrected chi connectivity index (χ3v) is 6.74. The zero-order valence-corrected chi connectivity index (χ0v) is 21.8. The molecule has 0 radical (unpaired) electrons. The van der Waals surface area contributed by atoms with Crippen LogP contribution in [0.3, 0.4) is 0 Å². The van der Waals surface area contributed by atoms with Gasteiger partial charge in [-0.1, -0.05) is 18.1 Å². The van der Waals surface area contributed by atoms with E-state index in [1.54, 1.807) is 0 Å². The number of nitrogens with one attached hydrogen (secondary N) is 2. The molecule has 3 heterocycles. The number of carbonyl (C=O) groups excluding carboxylic acids is 2. The van der Waals surface area contributed by atoms with E-state index in [0.717, 1.165) is 59.5 Å². The molecule has 41 heavy (non-hydrogen) atoms. The Morgan fingerprint density at radius 2 is 1.93 bits per heavy atom. The maximum atomic E-state index is 14.6. The number of nitrogens with zero attached hydrogens (tertiary/aromatic N) is 5. The fourth-order valence-corrected chi connectivity index (χ4v) is 4.57. The molecule has 0 aliphatic heterocycles. The maximum absolute atomic E-state index is 14.6. The highest BCUT2D eigenvalue weighted by Crippen LogP contribution is 2.29. The van der Waals surface area contributed by atoms with Gasteiger partial charge in [0.1, 0.15) is 6.17 Å². The van der Waals surface area contributed by atoms with E-state index in [4.69, 9.17) is 0 Å². The number of alkyl halides is 4. The smallest absolute Gasteiger partial charge is 0.345 e. The maximum Gasteiger partial charge on any atom is 0.416 e. The molecule has 220 valence electrons. The molecule has 2 N–H and O–H groups in total. The Morgan fingerprint density at radius 3 is 2.66 bits per heavy atom. The van der Waals surface area contributed by atoms with Gasteiger partial charge in [0.25, 0.3) is 11.5 Å². The second kappa shape index (κ2) is 13.0. The van der Waals surface area contributed by atoms with Crippen LogP contribution in [0.5, 0.6) is 0 Å². The molecular formula is C26H28F5N7O3. The molecular weight excluding hydrogens is 553 g/mol. The molecule has 1 saturated carbocycles. The highest BCUT2D eigenvalue weighted by Gasteiger charge is 2.30. The number of rotatable bonds is 11. The number of hydrogen-bond acceptors (Lipinski definition) is 6. The van der Waals surface area contributed by atoms with Crippen molar-refractivity contribution in [3.8, 4) is 0 Å². The molecule has 1 unspecified atom stereocenters. The predicted molar refractivity (Wildman–Crippen MR) is 136 cm³/mol. The number of anilines is 1. The summed E-state index contributed by atoms with van der Waals surface area (Å²) in [6.07, 6.45) is 1.45. The average Bonchev–Trinajstić information content (AvgIpc) is 3.61. The van der Waals surface area contributed by atoms with Crippen molar-refractivity contribution in [2.75, 3.05) is 5.32 Å². The van der Waals surface area contributed by atoms with Gasteiger partial charge in [-0.05, 0) is 43.4 Å². The van der Waals surface area contributed by atoms with Crippen molar-refractivity contribution >= 4 is 17.5 Å². The Bertz CT molecular complexity index is 1430. The van der Waals surface area contributed by atoms with Crippen LogP contribution in [0.4, 0.5) is 27.6 Å². The van der Waals surface area contributed by atoms with E-state index in [1.807, 2.05) is 0 Å². The van der Waals surface area contributed by atoms with E-state index in [9.17, 15) is 36.3 Å². The minimum atomic E-state index is -4.55. The van der Waals surface area contributed by atoms with Gasteiger partial charge in [-0.25, -0.2) is 9.07 Å². The Morgan fingerprint density at radius 1 is 1.17 bits per heavy atom. The molecule has 3 aromatic heterocycles. The lowest BCUT2D eigenvalue weighted by atomic mass is 10.0.